The second kappa shape index (κ2) is 6.47. The Balaban J connectivity index is 2.96. The zero-order chi connectivity index (χ0) is 15.4. The van der Waals surface area contributed by atoms with Gasteiger partial charge in [0.2, 0.25) is 5.76 Å². The largest absolute Gasteiger partial charge is 0.534 e. The quantitative estimate of drug-likeness (QED) is 0.262. The summed E-state index contributed by atoms with van der Waals surface area (Å²) >= 11 is 0. The molecule has 0 aliphatic heterocycles. The van der Waals surface area contributed by atoms with Gasteiger partial charge in [-0.3, -0.25) is 0 Å². The highest BCUT2D eigenvalue weighted by molar-refractivity contribution is 7.87. The molecule has 5 nitrogen and oxygen atoms in total. The van der Waals surface area contributed by atoms with Crippen molar-refractivity contribution in [2.45, 2.75) is 37.6 Å². The summed E-state index contributed by atoms with van der Waals surface area (Å²) in [6, 6.07) is 0. The molecule has 1 rings (SSSR count). The van der Waals surface area contributed by atoms with Gasteiger partial charge in [-0.2, -0.15) is 21.6 Å². The Morgan fingerprint density at radius 2 is 1.75 bits per heavy atom. The summed E-state index contributed by atoms with van der Waals surface area (Å²) in [6.45, 7) is 0. The first-order chi connectivity index (χ1) is 9.17. The van der Waals surface area contributed by atoms with Crippen LogP contribution in [-0.2, 0) is 23.8 Å². The Kier molecular flexibility index (Phi) is 5.43. The maximum atomic E-state index is 12.2. The molecule has 0 radical (unpaired) electrons. The lowest BCUT2D eigenvalue weighted by atomic mass is 9.89. The minimum Gasteiger partial charge on any atom is -0.463 e. The fraction of sp³-hybridized carbons (Fsp3) is 0.727. The molecule has 1 aliphatic rings. The molecule has 1 aliphatic carbocycles. The topological polar surface area (TPSA) is 69.7 Å². The van der Waals surface area contributed by atoms with E-state index >= 15 is 0 Å². The summed E-state index contributed by atoms with van der Waals surface area (Å²) in [5.74, 6) is -2.37. The molecule has 0 spiro atoms. The summed E-state index contributed by atoms with van der Waals surface area (Å²) < 4.78 is 66.7. The van der Waals surface area contributed by atoms with E-state index in [-0.39, 0.29) is 5.92 Å². The Bertz CT molecular complexity index is 475. The van der Waals surface area contributed by atoms with E-state index in [2.05, 4.69) is 8.92 Å². The van der Waals surface area contributed by atoms with Gasteiger partial charge in [0.05, 0.1) is 7.11 Å². The number of halogens is 3. The Hall–Kier alpha value is -1.25. The third-order valence-electron chi connectivity index (χ3n) is 2.91. The number of hydrogen-bond donors (Lipinski definition) is 0. The first-order valence-corrected chi connectivity index (χ1v) is 7.39. The normalized spacial score (nSPS) is 18.7. The molecule has 0 unspecified atom stereocenters. The van der Waals surface area contributed by atoms with Crippen molar-refractivity contribution in [2.24, 2.45) is 5.92 Å². The molecule has 0 bridgehead atoms. The van der Waals surface area contributed by atoms with E-state index in [1.165, 1.54) is 0 Å². The number of methoxy groups -OCH3 is 1. The molecular weight excluding hydrogens is 301 g/mol. The first-order valence-electron chi connectivity index (χ1n) is 5.98. The van der Waals surface area contributed by atoms with E-state index in [0.29, 0.717) is 12.8 Å². The molecule has 0 aromatic heterocycles. The number of alkyl halides is 3. The van der Waals surface area contributed by atoms with Crippen LogP contribution in [0.4, 0.5) is 13.2 Å². The number of hydrogen-bond acceptors (Lipinski definition) is 5. The highest BCUT2D eigenvalue weighted by Gasteiger charge is 2.49. The van der Waals surface area contributed by atoms with Crippen LogP contribution in [0.1, 0.15) is 32.1 Å². The van der Waals surface area contributed by atoms with E-state index in [1.54, 1.807) is 0 Å². The summed E-state index contributed by atoms with van der Waals surface area (Å²) in [4.78, 5) is 11.3. The van der Waals surface area contributed by atoms with Crippen molar-refractivity contribution in [3.63, 3.8) is 0 Å². The molecule has 1 saturated carbocycles. The van der Waals surface area contributed by atoms with Gasteiger partial charge >= 0.3 is 21.6 Å². The summed E-state index contributed by atoms with van der Waals surface area (Å²) in [7, 11) is -4.94. The number of esters is 1. The van der Waals surface area contributed by atoms with Crippen LogP contribution in [0.15, 0.2) is 11.8 Å². The zero-order valence-electron chi connectivity index (χ0n) is 10.8. The molecule has 0 amide bonds. The Labute approximate surface area is 114 Å². The molecule has 20 heavy (non-hydrogen) atoms. The van der Waals surface area contributed by atoms with E-state index in [1.807, 2.05) is 0 Å². The van der Waals surface area contributed by atoms with Crippen LogP contribution in [0.3, 0.4) is 0 Å². The van der Waals surface area contributed by atoms with Gasteiger partial charge < -0.3 is 8.92 Å². The molecular formula is C11H15F3O5S. The third kappa shape index (κ3) is 4.39. The van der Waals surface area contributed by atoms with Crippen molar-refractivity contribution in [3.05, 3.63) is 11.8 Å². The fourth-order valence-corrected chi connectivity index (χ4v) is 2.37. The van der Waals surface area contributed by atoms with Gasteiger partial charge in [-0.25, -0.2) is 4.79 Å². The van der Waals surface area contributed by atoms with Crippen LogP contribution >= 0.6 is 0 Å². The Morgan fingerprint density at radius 3 is 2.20 bits per heavy atom. The highest BCUT2D eigenvalue weighted by Crippen LogP contribution is 2.30. The molecule has 0 heterocycles. The van der Waals surface area contributed by atoms with Crippen LogP contribution in [0.25, 0.3) is 0 Å². The minimum atomic E-state index is -5.87. The fourth-order valence-electron chi connectivity index (χ4n) is 1.91. The van der Waals surface area contributed by atoms with Crippen LogP contribution < -0.4 is 0 Å². The lowest BCUT2D eigenvalue weighted by molar-refractivity contribution is -0.138. The van der Waals surface area contributed by atoms with Gasteiger partial charge in [-0.1, -0.05) is 19.3 Å². The monoisotopic (exact) mass is 316 g/mol. The van der Waals surface area contributed by atoms with Crippen molar-refractivity contribution >= 4 is 16.1 Å². The number of rotatable bonds is 4. The maximum absolute atomic E-state index is 12.2. The van der Waals surface area contributed by atoms with Crippen LogP contribution in [0.5, 0.6) is 0 Å². The SMILES string of the molecule is COC(=O)/C(=C\C1CCCCC1)OS(=O)(=O)C(F)(F)F. The smallest absolute Gasteiger partial charge is 0.463 e. The average Bonchev–Trinajstić information content (AvgIpc) is 2.36. The standard InChI is InChI=1S/C11H15F3O5S/c1-18-10(15)9(7-8-5-3-2-4-6-8)19-20(16,17)11(12,13)14/h7-8H,2-6H2,1H3/b9-7+. The second-order valence-corrected chi connectivity index (χ2v) is 5.94. The molecule has 116 valence electrons. The maximum Gasteiger partial charge on any atom is 0.534 e. The van der Waals surface area contributed by atoms with Crippen molar-refractivity contribution < 1.29 is 35.3 Å². The summed E-state index contributed by atoms with van der Waals surface area (Å²) in [5, 5.41) is 0. The van der Waals surface area contributed by atoms with Crippen molar-refractivity contribution in [1.29, 1.82) is 0 Å². The Morgan fingerprint density at radius 1 is 1.20 bits per heavy atom. The van der Waals surface area contributed by atoms with Gasteiger partial charge in [0.15, 0.2) is 0 Å². The number of carbonyl (C=O) groups excluding carboxylic acids is 1. The molecule has 9 heteroatoms. The minimum absolute atomic E-state index is 0.193. The van der Waals surface area contributed by atoms with E-state index in [4.69, 9.17) is 0 Å². The molecule has 0 atom stereocenters. The first kappa shape index (κ1) is 16.8. The van der Waals surface area contributed by atoms with Crippen LogP contribution in [-0.4, -0.2) is 27.0 Å². The lowest BCUT2D eigenvalue weighted by Gasteiger charge is -2.19. The van der Waals surface area contributed by atoms with Gasteiger partial charge in [0.1, 0.15) is 0 Å². The lowest BCUT2D eigenvalue weighted by Crippen LogP contribution is -2.27. The summed E-state index contributed by atoms with van der Waals surface area (Å²) in [5.41, 5.74) is -5.59. The third-order valence-corrected chi connectivity index (χ3v) is 3.87. The summed E-state index contributed by atoms with van der Waals surface area (Å²) in [6.07, 6.45) is 5.16. The second-order valence-electron chi connectivity index (χ2n) is 4.40. The van der Waals surface area contributed by atoms with Crippen LogP contribution in [0.2, 0.25) is 0 Å². The van der Waals surface area contributed by atoms with Gasteiger partial charge in [-0.05, 0) is 24.8 Å². The highest BCUT2D eigenvalue weighted by atomic mass is 32.2. The van der Waals surface area contributed by atoms with E-state index < -0.39 is 27.4 Å². The number of ether oxygens (including phenoxy) is 1. The molecule has 0 saturated heterocycles. The average molecular weight is 316 g/mol. The number of carbonyl (C=O) groups is 1. The molecule has 0 N–H and O–H groups in total. The van der Waals surface area contributed by atoms with Crippen molar-refractivity contribution in [2.75, 3.05) is 7.11 Å². The van der Waals surface area contributed by atoms with E-state index in [9.17, 15) is 26.4 Å². The van der Waals surface area contributed by atoms with Crippen molar-refractivity contribution in [3.8, 4) is 0 Å². The van der Waals surface area contributed by atoms with Gasteiger partial charge in [0, 0.05) is 0 Å². The van der Waals surface area contributed by atoms with Crippen molar-refractivity contribution in [1.82, 2.24) is 0 Å². The van der Waals surface area contributed by atoms with Gasteiger partial charge in [-0.15, -0.1) is 0 Å². The molecule has 0 aromatic carbocycles. The van der Waals surface area contributed by atoms with Crippen LogP contribution in [0, 0.1) is 5.92 Å². The zero-order valence-corrected chi connectivity index (χ0v) is 11.6. The predicted octanol–water partition coefficient (Wildman–Crippen LogP) is 2.49. The predicted molar refractivity (Wildman–Crippen MR) is 62.7 cm³/mol. The molecule has 0 aromatic rings. The van der Waals surface area contributed by atoms with E-state index in [0.717, 1.165) is 32.4 Å². The van der Waals surface area contributed by atoms with Gasteiger partial charge in [0.25, 0.3) is 0 Å². The number of allylic oxidation sites excluding steroid dienone is 1. The molecule has 1 fully saturated rings.